The second kappa shape index (κ2) is 4.09. The zero-order valence-corrected chi connectivity index (χ0v) is 11.3. The summed E-state index contributed by atoms with van der Waals surface area (Å²) < 4.78 is 1.42. The van der Waals surface area contributed by atoms with Crippen molar-refractivity contribution >= 4 is 0 Å². The molecule has 3 aliphatic rings. The van der Waals surface area contributed by atoms with Crippen LogP contribution in [0.25, 0.3) is 0 Å². The molecule has 18 heavy (non-hydrogen) atoms. The summed E-state index contributed by atoms with van der Waals surface area (Å²) in [4.78, 5) is 0. The van der Waals surface area contributed by atoms with E-state index in [1.165, 1.54) is 62.6 Å². The van der Waals surface area contributed by atoms with E-state index in [2.05, 4.69) is 24.3 Å². The molecular formula is C17H24N+. The average Bonchev–Trinajstić information content (AvgIpc) is 2.78. The van der Waals surface area contributed by atoms with Crippen LogP contribution in [0.1, 0.15) is 49.7 Å². The van der Waals surface area contributed by atoms with E-state index in [0.29, 0.717) is 0 Å². The van der Waals surface area contributed by atoms with Crippen molar-refractivity contribution in [2.45, 2.75) is 57.7 Å². The van der Waals surface area contributed by atoms with Crippen molar-refractivity contribution in [3.63, 3.8) is 0 Å². The summed E-state index contributed by atoms with van der Waals surface area (Å²) in [6.07, 6.45) is 8.97. The molecule has 0 amide bonds. The maximum atomic E-state index is 2.37. The van der Waals surface area contributed by atoms with Crippen LogP contribution in [0.15, 0.2) is 24.3 Å². The lowest BCUT2D eigenvalue weighted by Gasteiger charge is -2.50. The van der Waals surface area contributed by atoms with Crippen LogP contribution in [0.3, 0.4) is 0 Å². The SMILES string of the molecule is c1ccc2c(c1)C[N+]1(CCCC3CCCCC31)C2. The maximum absolute atomic E-state index is 2.37. The summed E-state index contributed by atoms with van der Waals surface area (Å²) in [6, 6.07) is 10.2. The van der Waals surface area contributed by atoms with Gasteiger partial charge in [-0.05, 0) is 32.1 Å². The molecule has 0 N–H and O–H groups in total. The largest absolute Gasteiger partial charge is 0.313 e. The highest BCUT2D eigenvalue weighted by molar-refractivity contribution is 5.28. The fraction of sp³-hybridized carbons (Fsp3) is 0.647. The normalized spacial score (nSPS) is 33.1. The third-order valence-electron chi connectivity index (χ3n) is 5.84. The smallest absolute Gasteiger partial charge is 0.105 e. The molecule has 0 bridgehead atoms. The average molecular weight is 242 g/mol. The Labute approximate surface area is 110 Å². The molecule has 1 aromatic rings. The van der Waals surface area contributed by atoms with Gasteiger partial charge in [0, 0.05) is 17.0 Å². The van der Waals surface area contributed by atoms with Crippen molar-refractivity contribution in [2.24, 2.45) is 5.92 Å². The lowest BCUT2D eigenvalue weighted by atomic mass is 9.77. The van der Waals surface area contributed by atoms with Crippen LogP contribution in [0.2, 0.25) is 0 Å². The maximum Gasteiger partial charge on any atom is 0.105 e. The van der Waals surface area contributed by atoms with E-state index < -0.39 is 0 Å². The lowest BCUT2D eigenvalue weighted by molar-refractivity contribution is -0.979. The van der Waals surface area contributed by atoms with Crippen LogP contribution >= 0.6 is 0 Å². The molecule has 1 nitrogen and oxygen atoms in total. The Kier molecular flexibility index (Phi) is 2.51. The van der Waals surface area contributed by atoms with Gasteiger partial charge < -0.3 is 4.48 Å². The predicted octanol–water partition coefficient (Wildman–Crippen LogP) is 3.87. The zero-order valence-electron chi connectivity index (χ0n) is 11.3. The van der Waals surface area contributed by atoms with Crippen LogP contribution < -0.4 is 0 Å². The molecule has 2 atom stereocenters. The van der Waals surface area contributed by atoms with Gasteiger partial charge in [0.25, 0.3) is 0 Å². The molecule has 1 saturated carbocycles. The van der Waals surface area contributed by atoms with Gasteiger partial charge in [-0.3, -0.25) is 0 Å². The van der Waals surface area contributed by atoms with Gasteiger partial charge in [-0.2, -0.15) is 0 Å². The van der Waals surface area contributed by atoms with Crippen LogP contribution in [0, 0.1) is 5.92 Å². The summed E-state index contributed by atoms with van der Waals surface area (Å²) in [5.41, 5.74) is 3.28. The number of benzene rings is 1. The highest BCUT2D eigenvalue weighted by Gasteiger charge is 2.48. The van der Waals surface area contributed by atoms with Crippen LogP contribution in [-0.2, 0) is 13.1 Å². The van der Waals surface area contributed by atoms with Crippen LogP contribution in [0.5, 0.6) is 0 Å². The molecule has 1 aromatic carbocycles. The quantitative estimate of drug-likeness (QED) is 0.606. The third-order valence-corrected chi connectivity index (χ3v) is 5.84. The van der Waals surface area contributed by atoms with Crippen molar-refractivity contribution in [1.82, 2.24) is 0 Å². The van der Waals surface area contributed by atoms with Gasteiger partial charge in [-0.25, -0.2) is 0 Å². The van der Waals surface area contributed by atoms with E-state index in [-0.39, 0.29) is 0 Å². The monoisotopic (exact) mass is 242 g/mol. The number of hydrogen-bond donors (Lipinski definition) is 0. The number of rotatable bonds is 0. The second-order valence-electron chi connectivity index (χ2n) is 6.78. The van der Waals surface area contributed by atoms with Crippen molar-refractivity contribution in [3.05, 3.63) is 35.4 Å². The molecule has 2 fully saturated rings. The zero-order chi connectivity index (χ0) is 12.0. The molecular weight excluding hydrogens is 218 g/mol. The molecule has 0 radical (unpaired) electrons. The number of fused-ring (bicyclic) bond motifs is 3. The van der Waals surface area contributed by atoms with E-state index >= 15 is 0 Å². The topological polar surface area (TPSA) is 0 Å². The van der Waals surface area contributed by atoms with Crippen molar-refractivity contribution in [2.75, 3.05) is 6.54 Å². The van der Waals surface area contributed by atoms with Gasteiger partial charge in [-0.15, -0.1) is 0 Å². The first-order valence-corrected chi connectivity index (χ1v) is 7.80. The summed E-state index contributed by atoms with van der Waals surface area (Å²) in [5, 5.41) is 0. The van der Waals surface area contributed by atoms with Crippen molar-refractivity contribution < 1.29 is 4.48 Å². The molecule has 4 rings (SSSR count). The van der Waals surface area contributed by atoms with E-state index in [0.717, 1.165) is 12.0 Å². The van der Waals surface area contributed by atoms with Gasteiger partial charge in [0.2, 0.25) is 0 Å². The van der Waals surface area contributed by atoms with E-state index in [1.807, 2.05) is 0 Å². The van der Waals surface area contributed by atoms with Gasteiger partial charge in [0.15, 0.2) is 0 Å². The minimum Gasteiger partial charge on any atom is -0.313 e. The molecule has 1 aliphatic carbocycles. The summed E-state index contributed by atoms with van der Waals surface area (Å²) in [6.45, 7) is 4.10. The van der Waals surface area contributed by atoms with Crippen molar-refractivity contribution in [3.8, 4) is 0 Å². The van der Waals surface area contributed by atoms with Gasteiger partial charge >= 0.3 is 0 Å². The Morgan fingerprint density at radius 3 is 2.28 bits per heavy atom. The number of hydrogen-bond acceptors (Lipinski definition) is 0. The molecule has 2 heterocycles. The Bertz CT molecular complexity index is 424. The molecule has 2 unspecified atom stereocenters. The molecule has 2 aliphatic heterocycles. The Morgan fingerprint density at radius 1 is 0.833 bits per heavy atom. The number of quaternary nitrogens is 1. The standard InChI is InChI=1S/C17H24N/c1-2-8-16-13-18(12-15(16)7-1)11-5-9-14-6-3-4-10-17(14)18/h1-2,7-8,14,17H,3-6,9-13H2/q+1. The van der Waals surface area contributed by atoms with Gasteiger partial charge in [-0.1, -0.05) is 30.7 Å². The van der Waals surface area contributed by atoms with Gasteiger partial charge in [0.1, 0.15) is 13.1 Å². The van der Waals surface area contributed by atoms with Gasteiger partial charge in [0.05, 0.1) is 12.6 Å². The fourth-order valence-electron chi connectivity index (χ4n) is 5.07. The molecule has 0 aromatic heterocycles. The molecule has 96 valence electrons. The number of nitrogens with zero attached hydrogens (tertiary/aromatic N) is 1. The van der Waals surface area contributed by atoms with Crippen LogP contribution in [-0.4, -0.2) is 17.1 Å². The number of piperidine rings is 1. The van der Waals surface area contributed by atoms with E-state index in [9.17, 15) is 0 Å². The van der Waals surface area contributed by atoms with Crippen molar-refractivity contribution in [1.29, 1.82) is 0 Å². The van der Waals surface area contributed by atoms with E-state index in [1.54, 1.807) is 11.1 Å². The molecule has 1 heteroatoms. The highest BCUT2D eigenvalue weighted by Crippen LogP contribution is 2.45. The predicted molar refractivity (Wildman–Crippen MR) is 74.0 cm³/mol. The third kappa shape index (κ3) is 1.56. The van der Waals surface area contributed by atoms with Crippen LogP contribution in [0.4, 0.5) is 0 Å². The Balaban J connectivity index is 1.68. The van der Waals surface area contributed by atoms with E-state index in [4.69, 9.17) is 0 Å². The molecule has 1 spiro atoms. The summed E-state index contributed by atoms with van der Waals surface area (Å²) in [5.74, 6) is 1.04. The summed E-state index contributed by atoms with van der Waals surface area (Å²) >= 11 is 0. The minimum absolute atomic E-state index is 0.986. The fourth-order valence-corrected chi connectivity index (χ4v) is 5.07. The minimum atomic E-state index is 0.986. The summed E-state index contributed by atoms with van der Waals surface area (Å²) in [7, 11) is 0. The highest BCUT2D eigenvalue weighted by atomic mass is 15.4. The molecule has 1 saturated heterocycles. The first-order chi connectivity index (χ1) is 8.87. The second-order valence-corrected chi connectivity index (χ2v) is 6.78. The first-order valence-electron chi connectivity index (χ1n) is 7.80. The first kappa shape index (κ1) is 11.0. The Hall–Kier alpha value is -0.820. The lowest BCUT2D eigenvalue weighted by Crippen LogP contribution is -2.58. The Morgan fingerprint density at radius 2 is 1.50 bits per heavy atom.